The van der Waals surface area contributed by atoms with Crippen LogP contribution in [0.1, 0.15) is 55.4 Å². The highest BCUT2D eigenvalue weighted by molar-refractivity contribution is 5.60. The van der Waals surface area contributed by atoms with Gasteiger partial charge in [0.25, 0.3) is 0 Å². The summed E-state index contributed by atoms with van der Waals surface area (Å²) in [6, 6.07) is 0. The summed E-state index contributed by atoms with van der Waals surface area (Å²) in [5, 5.41) is 0. The quantitative estimate of drug-likeness (QED) is 0.540. The molecule has 5 heteroatoms. The lowest BCUT2D eigenvalue weighted by molar-refractivity contribution is 0.0163. The van der Waals surface area contributed by atoms with Crippen molar-refractivity contribution in [1.29, 1.82) is 0 Å². The molecule has 0 atom stereocenters. The van der Waals surface area contributed by atoms with E-state index in [0.717, 1.165) is 6.61 Å². The third-order valence-corrected chi connectivity index (χ3v) is 1.92. The molecule has 0 saturated heterocycles. The highest BCUT2D eigenvalue weighted by Gasteiger charge is 2.14. The molecule has 22 heavy (non-hydrogen) atoms. The Hall–Kier alpha value is -0.810. The van der Waals surface area contributed by atoms with Gasteiger partial charge in [-0.3, -0.25) is 0 Å². The Morgan fingerprint density at radius 2 is 1.41 bits per heavy atom. The van der Waals surface area contributed by atoms with E-state index < -0.39 is 6.16 Å². The van der Waals surface area contributed by atoms with Crippen LogP contribution in [0.5, 0.6) is 0 Å². The summed E-state index contributed by atoms with van der Waals surface area (Å²) in [5.41, 5.74) is 0.268. The standard InChI is InChI=1S/C9H18O3.C8H18O2/c1-7(2)12-8(10)11-6-9(3,4)5;1-8(2,3)7-10-6-5-9-4/h7H,6H2,1-5H3;5-7H2,1-4H3. The summed E-state index contributed by atoms with van der Waals surface area (Å²) in [5.74, 6) is 0. The number of ether oxygens (including phenoxy) is 4. The zero-order chi connectivity index (χ0) is 17.8. The first kappa shape index (κ1) is 23.5. The molecule has 0 aliphatic heterocycles. The van der Waals surface area contributed by atoms with Gasteiger partial charge < -0.3 is 18.9 Å². The molecule has 0 aromatic rings. The highest BCUT2D eigenvalue weighted by atomic mass is 16.7. The molecule has 0 rings (SSSR count). The zero-order valence-electron chi connectivity index (χ0n) is 15.9. The SMILES string of the molecule is CC(C)OC(=O)OCC(C)(C)C.COCCOCC(C)(C)C. The fourth-order valence-electron chi connectivity index (χ4n) is 1.02. The molecule has 0 saturated carbocycles. The molecule has 0 bridgehead atoms. The van der Waals surface area contributed by atoms with Crippen LogP contribution < -0.4 is 0 Å². The molecular weight excluding hydrogens is 284 g/mol. The van der Waals surface area contributed by atoms with Crippen molar-refractivity contribution < 1.29 is 23.7 Å². The van der Waals surface area contributed by atoms with E-state index in [1.165, 1.54) is 0 Å². The zero-order valence-corrected chi connectivity index (χ0v) is 15.9. The topological polar surface area (TPSA) is 54.0 Å². The summed E-state index contributed by atoms with van der Waals surface area (Å²) in [4.78, 5) is 10.9. The van der Waals surface area contributed by atoms with E-state index in [2.05, 4.69) is 20.8 Å². The Balaban J connectivity index is 0. The number of carbonyl (C=O) groups excluding carboxylic acids is 1. The summed E-state index contributed by atoms with van der Waals surface area (Å²) in [6.07, 6.45) is -0.697. The van der Waals surface area contributed by atoms with Gasteiger partial charge in [0.2, 0.25) is 0 Å². The molecule has 0 radical (unpaired) electrons. The average Bonchev–Trinajstić information content (AvgIpc) is 2.30. The first-order valence-electron chi connectivity index (χ1n) is 7.77. The lowest BCUT2D eigenvalue weighted by Gasteiger charge is -2.18. The van der Waals surface area contributed by atoms with Crippen molar-refractivity contribution in [3.63, 3.8) is 0 Å². The Bertz CT molecular complexity index is 274. The van der Waals surface area contributed by atoms with Crippen molar-refractivity contribution in [2.45, 2.75) is 61.5 Å². The Labute approximate surface area is 136 Å². The molecule has 0 spiro atoms. The Morgan fingerprint density at radius 3 is 1.77 bits per heavy atom. The van der Waals surface area contributed by atoms with Crippen LogP contribution in [0.25, 0.3) is 0 Å². The minimum Gasteiger partial charge on any atom is -0.434 e. The van der Waals surface area contributed by atoms with Gasteiger partial charge in [-0.1, -0.05) is 41.5 Å². The van der Waals surface area contributed by atoms with Gasteiger partial charge in [0.15, 0.2) is 0 Å². The third-order valence-electron chi connectivity index (χ3n) is 1.92. The van der Waals surface area contributed by atoms with Crippen molar-refractivity contribution in [2.24, 2.45) is 10.8 Å². The smallest absolute Gasteiger partial charge is 0.434 e. The molecule has 0 amide bonds. The molecular formula is C17H36O5. The first-order chi connectivity index (χ1) is 9.87. The third kappa shape index (κ3) is 24.2. The van der Waals surface area contributed by atoms with Crippen LogP contribution in [0.3, 0.4) is 0 Å². The molecule has 0 aromatic carbocycles. The van der Waals surface area contributed by atoms with Gasteiger partial charge in [-0.15, -0.1) is 0 Å². The Kier molecular flexibility index (Phi) is 12.5. The lowest BCUT2D eigenvalue weighted by atomic mass is 9.99. The first-order valence-corrected chi connectivity index (χ1v) is 7.77. The molecule has 0 unspecified atom stereocenters. The van der Waals surface area contributed by atoms with E-state index >= 15 is 0 Å². The van der Waals surface area contributed by atoms with Crippen LogP contribution in [-0.4, -0.2) is 45.8 Å². The molecule has 134 valence electrons. The average molecular weight is 320 g/mol. The number of hydrogen-bond donors (Lipinski definition) is 0. The highest BCUT2D eigenvalue weighted by Crippen LogP contribution is 2.13. The molecule has 0 fully saturated rings. The van der Waals surface area contributed by atoms with Crippen LogP contribution in [-0.2, 0) is 18.9 Å². The predicted molar refractivity (Wildman–Crippen MR) is 89.2 cm³/mol. The minimum atomic E-state index is -0.583. The number of carbonyl (C=O) groups is 1. The van der Waals surface area contributed by atoms with E-state index in [4.69, 9.17) is 18.9 Å². The molecule has 0 aliphatic carbocycles. The predicted octanol–water partition coefficient (Wildman–Crippen LogP) is 4.29. The summed E-state index contributed by atoms with van der Waals surface area (Å²) >= 11 is 0. The fourth-order valence-corrected chi connectivity index (χ4v) is 1.02. The summed E-state index contributed by atoms with van der Waals surface area (Å²) in [7, 11) is 1.68. The largest absolute Gasteiger partial charge is 0.508 e. The van der Waals surface area contributed by atoms with Crippen molar-refractivity contribution >= 4 is 6.16 Å². The van der Waals surface area contributed by atoms with Crippen LogP contribution in [0.4, 0.5) is 4.79 Å². The van der Waals surface area contributed by atoms with Crippen molar-refractivity contribution in [1.82, 2.24) is 0 Å². The van der Waals surface area contributed by atoms with Gasteiger partial charge in [-0.05, 0) is 24.7 Å². The van der Waals surface area contributed by atoms with E-state index in [9.17, 15) is 4.79 Å². The molecule has 0 aliphatic rings. The van der Waals surface area contributed by atoms with Gasteiger partial charge in [-0.2, -0.15) is 0 Å². The van der Waals surface area contributed by atoms with Crippen LogP contribution in [0.2, 0.25) is 0 Å². The van der Waals surface area contributed by atoms with Crippen molar-refractivity contribution in [2.75, 3.05) is 33.5 Å². The lowest BCUT2D eigenvalue weighted by Crippen LogP contribution is -2.20. The maximum Gasteiger partial charge on any atom is 0.508 e. The number of rotatable bonds is 6. The minimum absolute atomic E-state index is 0.00397. The summed E-state index contributed by atoms with van der Waals surface area (Å²) in [6.45, 7) is 18.6. The second-order valence-corrected chi connectivity index (χ2v) is 7.87. The fraction of sp³-hybridized carbons (Fsp3) is 0.941. The molecule has 0 heterocycles. The number of methoxy groups -OCH3 is 1. The second-order valence-electron chi connectivity index (χ2n) is 7.87. The van der Waals surface area contributed by atoms with Crippen LogP contribution in [0, 0.1) is 10.8 Å². The maximum absolute atomic E-state index is 10.9. The van der Waals surface area contributed by atoms with Gasteiger partial charge >= 0.3 is 6.16 Å². The summed E-state index contributed by atoms with van der Waals surface area (Å²) < 4.78 is 19.8. The normalized spacial score (nSPS) is 11.7. The monoisotopic (exact) mass is 320 g/mol. The van der Waals surface area contributed by atoms with Gasteiger partial charge in [-0.25, -0.2) is 4.79 Å². The van der Waals surface area contributed by atoms with Crippen LogP contribution >= 0.6 is 0 Å². The van der Waals surface area contributed by atoms with Crippen molar-refractivity contribution in [3.05, 3.63) is 0 Å². The van der Waals surface area contributed by atoms with Gasteiger partial charge in [0.05, 0.1) is 32.5 Å². The van der Waals surface area contributed by atoms with E-state index in [1.807, 2.05) is 20.8 Å². The van der Waals surface area contributed by atoms with Crippen molar-refractivity contribution in [3.8, 4) is 0 Å². The van der Waals surface area contributed by atoms with E-state index in [1.54, 1.807) is 21.0 Å². The molecule has 5 nitrogen and oxygen atoms in total. The molecule has 0 N–H and O–H groups in total. The van der Waals surface area contributed by atoms with Crippen LogP contribution in [0.15, 0.2) is 0 Å². The van der Waals surface area contributed by atoms with E-state index in [0.29, 0.717) is 19.8 Å². The number of hydrogen-bond acceptors (Lipinski definition) is 5. The van der Waals surface area contributed by atoms with Gasteiger partial charge in [0.1, 0.15) is 0 Å². The Morgan fingerprint density at radius 1 is 0.909 bits per heavy atom. The molecule has 0 aromatic heterocycles. The maximum atomic E-state index is 10.9. The van der Waals surface area contributed by atoms with Gasteiger partial charge in [0, 0.05) is 7.11 Å². The second kappa shape index (κ2) is 11.7. The van der Waals surface area contributed by atoms with E-state index in [-0.39, 0.29) is 16.9 Å².